The molecular weight excluding hydrogens is 412 g/mol. The Bertz CT molecular complexity index is 1600. The van der Waals surface area contributed by atoms with Crippen LogP contribution in [0.4, 0.5) is 5.69 Å². The molecule has 0 saturated carbocycles. The average Bonchev–Trinajstić information content (AvgIpc) is 3.17. The topological polar surface area (TPSA) is 75.0 Å². The Morgan fingerprint density at radius 1 is 0.839 bits per heavy atom. The molecule has 2 N–H and O–H groups in total. The summed E-state index contributed by atoms with van der Waals surface area (Å²) >= 11 is 6.11. The van der Waals surface area contributed by atoms with Crippen LogP contribution in [0.1, 0.15) is 0 Å². The number of rotatable bonds is 2. The maximum absolute atomic E-state index is 13.2. The Morgan fingerprint density at radius 2 is 1.52 bits per heavy atom. The second-order valence-corrected chi connectivity index (χ2v) is 7.98. The number of nitrogen functional groups attached to an aromatic ring is 1. The van der Waals surface area contributed by atoms with Gasteiger partial charge in [-0.2, -0.15) is 0 Å². The fourth-order valence-corrected chi connectivity index (χ4v) is 4.30. The maximum atomic E-state index is 13.2. The van der Waals surface area contributed by atoms with Crippen molar-refractivity contribution in [2.75, 3.05) is 5.73 Å². The van der Waals surface area contributed by atoms with Crippen LogP contribution >= 0.6 is 11.6 Å². The first-order valence-electron chi connectivity index (χ1n) is 9.73. The number of benzene rings is 3. The fraction of sp³-hybridized carbons (Fsp3) is 0.0833. The molecule has 0 unspecified atom stereocenters. The van der Waals surface area contributed by atoms with Gasteiger partial charge in [0.2, 0.25) is 0 Å². The summed E-state index contributed by atoms with van der Waals surface area (Å²) in [5.74, 6) is 0. The van der Waals surface area contributed by atoms with Crippen LogP contribution in [-0.2, 0) is 14.1 Å². The summed E-state index contributed by atoms with van der Waals surface area (Å²) < 4.78 is 4.55. The molecule has 0 spiro atoms. The molecule has 5 rings (SSSR count). The molecule has 5 aromatic rings. The fourth-order valence-electron chi connectivity index (χ4n) is 4.17. The number of hydrogen-bond donors (Lipinski definition) is 1. The van der Waals surface area contributed by atoms with Crippen molar-refractivity contribution in [1.82, 2.24) is 13.7 Å². The van der Waals surface area contributed by atoms with Crippen molar-refractivity contribution in [3.63, 3.8) is 0 Å². The molecule has 0 saturated heterocycles. The van der Waals surface area contributed by atoms with E-state index in [1.165, 1.54) is 11.6 Å². The third-order valence-electron chi connectivity index (χ3n) is 5.73. The molecule has 31 heavy (non-hydrogen) atoms. The highest BCUT2D eigenvalue weighted by Gasteiger charge is 2.21. The van der Waals surface area contributed by atoms with Gasteiger partial charge in [-0.05, 0) is 35.2 Å². The minimum atomic E-state index is -0.380. The van der Waals surface area contributed by atoms with Gasteiger partial charge in [-0.25, -0.2) is 4.79 Å². The quantitative estimate of drug-likeness (QED) is 0.429. The lowest BCUT2D eigenvalue weighted by Crippen LogP contribution is -2.36. The van der Waals surface area contributed by atoms with Crippen LogP contribution in [-0.4, -0.2) is 13.7 Å². The van der Waals surface area contributed by atoms with E-state index in [9.17, 15) is 9.59 Å². The molecule has 0 atom stereocenters. The van der Waals surface area contributed by atoms with E-state index >= 15 is 0 Å². The Hall–Kier alpha value is -3.77. The Labute approximate surface area is 182 Å². The number of hydrogen-bond acceptors (Lipinski definition) is 3. The molecule has 0 aliphatic carbocycles. The molecule has 0 fully saturated rings. The number of aromatic nitrogens is 3. The maximum Gasteiger partial charge on any atom is 0.330 e. The minimum absolute atomic E-state index is 0.352. The van der Waals surface area contributed by atoms with Crippen LogP contribution in [0.5, 0.6) is 0 Å². The van der Waals surface area contributed by atoms with Gasteiger partial charge < -0.3 is 10.3 Å². The van der Waals surface area contributed by atoms with Gasteiger partial charge in [0.25, 0.3) is 5.56 Å². The molecule has 154 valence electrons. The van der Waals surface area contributed by atoms with Gasteiger partial charge in [-0.15, -0.1) is 0 Å². The van der Waals surface area contributed by atoms with Crippen molar-refractivity contribution in [1.29, 1.82) is 0 Å². The second kappa shape index (κ2) is 6.89. The smallest absolute Gasteiger partial charge is 0.330 e. The van der Waals surface area contributed by atoms with Gasteiger partial charge >= 0.3 is 5.69 Å². The highest BCUT2D eigenvalue weighted by atomic mass is 35.5. The molecule has 0 radical (unpaired) electrons. The normalized spacial score (nSPS) is 11.5. The summed E-state index contributed by atoms with van der Waals surface area (Å²) in [5, 5.41) is 2.92. The molecule has 0 bridgehead atoms. The molecule has 2 aromatic heterocycles. The minimum Gasteiger partial charge on any atom is -0.398 e. The number of anilines is 1. The number of nitrogens with two attached hydrogens (primary N) is 1. The van der Waals surface area contributed by atoms with Crippen molar-refractivity contribution in [2.45, 2.75) is 0 Å². The van der Waals surface area contributed by atoms with E-state index in [4.69, 9.17) is 17.3 Å². The molecular formula is C24H19ClN4O2. The summed E-state index contributed by atoms with van der Waals surface area (Å²) in [7, 11) is 3.15. The SMILES string of the molecule is Cn1c(=O)c2c(-c3ccc(Cl)cc3)n(-c3cccc4cccc(N)c34)cc2n(C)c1=O. The lowest BCUT2D eigenvalue weighted by atomic mass is 10.1. The lowest BCUT2D eigenvalue weighted by molar-refractivity contribution is 0.714. The molecule has 0 aliphatic heterocycles. The Kier molecular flexibility index (Phi) is 4.27. The van der Waals surface area contributed by atoms with E-state index in [1.54, 1.807) is 19.2 Å². The summed E-state index contributed by atoms with van der Waals surface area (Å²) in [6, 6.07) is 19.0. The Balaban J connectivity index is 2.02. The van der Waals surface area contributed by atoms with E-state index in [1.807, 2.05) is 59.3 Å². The van der Waals surface area contributed by atoms with E-state index < -0.39 is 0 Å². The van der Waals surface area contributed by atoms with Crippen LogP contribution in [0.25, 0.3) is 38.6 Å². The molecule has 7 heteroatoms. The third-order valence-corrected chi connectivity index (χ3v) is 5.98. The van der Waals surface area contributed by atoms with Gasteiger partial charge in [-0.3, -0.25) is 13.9 Å². The summed E-state index contributed by atoms with van der Waals surface area (Å²) in [6.45, 7) is 0. The highest BCUT2D eigenvalue weighted by Crippen LogP contribution is 2.35. The van der Waals surface area contributed by atoms with Crippen molar-refractivity contribution in [3.8, 4) is 16.9 Å². The van der Waals surface area contributed by atoms with Crippen LogP contribution < -0.4 is 17.0 Å². The first kappa shape index (κ1) is 19.2. The van der Waals surface area contributed by atoms with Crippen molar-refractivity contribution < 1.29 is 0 Å². The van der Waals surface area contributed by atoms with Gasteiger partial charge in [-0.1, -0.05) is 48.0 Å². The number of halogens is 1. The largest absolute Gasteiger partial charge is 0.398 e. The summed E-state index contributed by atoms with van der Waals surface area (Å²) in [4.78, 5) is 25.8. The molecule has 0 aliphatic rings. The molecule has 3 aromatic carbocycles. The lowest BCUT2D eigenvalue weighted by Gasteiger charge is -2.14. The molecule has 2 heterocycles. The van der Waals surface area contributed by atoms with E-state index in [0.29, 0.717) is 27.3 Å². The first-order valence-corrected chi connectivity index (χ1v) is 10.1. The van der Waals surface area contributed by atoms with Gasteiger partial charge in [0.1, 0.15) is 0 Å². The predicted octanol–water partition coefficient (Wildman–Crippen LogP) is 4.08. The summed E-state index contributed by atoms with van der Waals surface area (Å²) in [5.41, 5.74) is 9.11. The first-order chi connectivity index (χ1) is 14.9. The standard InChI is InChI=1S/C24H19ClN4O2/c1-27-19-13-29(18-8-4-6-14-5-3-7-17(26)20(14)18)22(15-9-11-16(25)12-10-15)21(19)23(30)28(2)24(27)31/h3-13H,26H2,1-2H3. The molecule has 6 nitrogen and oxygen atoms in total. The zero-order valence-corrected chi connectivity index (χ0v) is 17.7. The zero-order valence-electron chi connectivity index (χ0n) is 17.0. The number of nitrogens with zero attached hydrogens (tertiary/aromatic N) is 3. The van der Waals surface area contributed by atoms with Crippen LogP contribution in [0.15, 0.2) is 76.4 Å². The number of fused-ring (bicyclic) bond motifs is 2. The monoisotopic (exact) mass is 430 g/mol. The van der Waals surface area contributed by atoms with Gasteiger partial charge in [0, 0.05) is 36.4 Å². The van der Waals surface area contributed by atoms with Gasteiger partial charge in [0.05, 0.1) is 22.3 Å². The second-order valence-electron chi connectivity index (χ2n) is 7.54. The third kappa shape index (κ3) is 2.79. The van der Waals surface area contributed by atoms with Crippen LogP contribution in [0.3, 0.4) is 0 Å². The summed E-state index contributed by atoms with van der Waals surface area (Å²) in [6.07, 6.45) is 1.82. The van der Waals surface area contributed by atoms with E-state index in [2.05, 4.69) is 0 Å². The molecule has 0 amide bonds. The predicted molar refractivity (Wildman–Crippen MR) is 126 cm³/mol. The van der Waals surface area contributed by atoms with E-state index in [0.717, 1.165) is 26.6 Å². The van der Waals surface area contributed by atoms with Gasteiger partial charge in [0.15, 0.2) is 0 Å². The van der Waals surface area contributed by atoms with Crippen LogP contribution in [0, 0.1) is 0 Å². The highest BCUT2D eigenvalue weighted by molar-refractivity contribution is 6.30. The zero-order chi connectivity index (χ0) is 21.9. The number of aryl methyl sites for hydroxylation is 1. The Morgan fingerprint density at radius 3 is 2.23 bits per heavy atom. The average molecular weight is 431 g/mol. The van der Waals surface area contributed by atoms with E-state index in [-0.39, 0.29) is 11.2 Å². The van der Waals surface area contributed by atoms with Crippen molar-refractivity contribution in [3.05, 3.63) is 92.7 Å². The van der Waals surface area contributed by atoms with Crippen molar-refractivity contribution in [2.24, 2.45) is 14.1 Å². The van der Waals surface area contributed by atoms with Crippen LogP contribution in [0.2, 0.25) is 5.02 Å². The van der Waals surface area contributed by atoms with Crippen molar-refractivity contribution >= 4 is 39.0 Å².